The highest BCUT2D eigenvalue weighted by Gasteiger charge is 2.36. The Morgan fingerprint density at radius 2 is 1.34 bits per heavy atom. The lowest BCUT2D eigenvalue weighted by molar-refractivity contribution is -0.150. The van der Waals surface area contributed by atoms with Crippen molar-refractivity contribution in [2.45, 2.75) is 58.5 Å². The van der Waals surface area contributed by atoms with Crippen molar-refractivity contribution in [3.8, 4) is 22.3 Å². The van der Waals surface area contributed by atoms with Gasteiger partial charge in [-0.25, -0.2) is 0 Å². The maximum Gasteiger partial charge on any atom is 0.0723 e. The number of rotatable bonds is 16. The molecular weight excluding hydrogens is 604 g/mol. The van der Waals surface area contributed by atoms with Gasteiger partial charge in [0, 0.05) is 27.6 Å². The highest BCUT2D eigenvalue weighted by Crippen LogP contribution is 2.36. The number of benzene rings is 3. The van der Waals surface area contributed by atoms with Gasteiger partial charge in [-0.3, -0.25) is 0 Å². The van der Waals surface area contributed by atoms with Crippen LogP contribution in [0.2, 0.25) is 0 Å². The molecule has 0 aromatic heterocycles. The Morgan fingerprint density at radius 1 is 0.763 bits per heavy atom. The molecule has 1 heterocycles. The first kappa shape index (κ1) is 29.5. The molecule has 4 rings (SSSR count). The van der Waals surface area contributed by atoms with Crippen LogP contribution in [0.5, 0.6) is 0 Å². The zero-order valence-electron chi connectivity index (χ0n) is 22.4. The number of unbranched alkanes of at least 4 members (excludes halogenated alkanes) is 5. The summed E-state index contributed by atoms with van der Waals surface area (Å²) in [5.41, 5.74) is 6.13. The molecule has 1 fully saturated rings. The Bertz CT molecular complexity index is 1100. The fraction of sp³-hybridized carbons (Fsp3) is 0.455. The van der Waals surface area contributed by atoms with E-state index >= 15 is 0 Å². The van der Waals surface area contributed by atoms with Crippen molar-refractivity contribution in [3.63, 3.8) is 0 Å². The molecule has 0 atom stereocenters. The molecule has 0 bridgehead atoms. The summed E-state index contributed by atoms with van der Waals surface area (Å²) in [7, 11) is 0. The molecule has 1 radical (unpaired) electrons. The zero-order chi connectivity index (χ0) is 26.6. The molecule has 0 unspecified atom stereocenters. The third-order valence-electron chi connectivity index (χ3n) is 7.41. The second kappa shape index (κ2) is 15.3. The van der Waals surface area contributed by atoms with Gasteiger partial charge in [0.2, 0.25) is 0 Å². The average Bonchev–Trinajstić information content (AvgIpc) is 2.91. The van der Waals surface area contributed by atoms with Crippen molar-refractivity contribution in [2.24, 2.45) is 5.41 Å². The van der Waals surface area contributed by atoms with E-state index in [2.05, 4.69) is 99.4 Å². The predicted octanol–water partition coefficient (Wildman–Crippen LogP) is 9.65. The Morgan fingerprint density at radius 3 is 1.92 bits per heavy atom. The Hall–Kier alpha value is -1.50. The van der Waals surface area contributed by atoms with Crippen LogP contribution in [-0.2, 0) is 20.8 Å². The Kier molecular flexibility index (Phi) is 11.9. The molecule has 0 saturated carbocycles. The van der Waals surface area contributed by atoms with Gasteiger partial charge in [0.15, 0.2) is 0 Å². The first-order valence-electron chi connectivity index (χ1n) is 13.9. The van der Waals surface area contributed by atoms with E-state index in [1.54, 1.807) is 0 Å². The molecule has 3 aromatic rings. The summed E-state index contributed by atoms with van der Waals surface area (Å²) < 4.78 is 19.6. The highest BCUT2D eigenvalue weighted by atomic mass is 79.9. The summed E-state index contributed by atoms with van der Waals surface area (Å²) in [5.74, 6) is 0. The number of hydrogen-bond acceptors (Lipinski definition) is 3. The van der Waals surface area contributed by atoms with Gasteiger partial charge in [0.25, 0.3) is 0 Å². The number of halogens is 2. The van der Waals surface area contributed by atoms with Crippen molar-refractivity contribution in [3.05, 3.63) is 81.2 Å². The van der Waals surface area contributed by atoms with Crippen molar-refractivity contribution in [1.29, 1.82) is 0 Å². The van der Waals surface area contributed by atoms with Gasteiger partial charge < -0.3 is 14.2 Å². The number of ether oxygens (including phenoxy) is 3. The fourth-order valence-corrected chi connectivity index (χ4v) is 5.35. The lowest BCUT2D eigenvalue weighted by Gasteiger charge is -2.40. The molecule has 0 amide bonds. The Balaban J connectivity index is 1.20. The SMILES string of the molecule is CCC1(COCCCCCCCCOCc2cc[c]c(-c3ccc(Br)cc3)c2-c2ccc(Br)cc2)COC1. The molecule has 203 valence electrons. The maximum atomic E-state index is 6.17. The van der Waals surface area contributed by atoms with E-state index in [0.29, 0.717) is 12.0 Å². The van der Waals surface area contributed by atoms with Gasteiger partial charge in [0.05, 0.1) is 26.4 Å². The highest BCUT2D eigenvalue weighted by molar-refractivity contribution is 9.10. The normalized spacial score (nSPS) is 14.4. The van der Waals surface area contributed by atoms with E-state index in [9.17, 15) is 0 Å². The summed E-state index contributed by atoms with van der Waals surface area (Å²) in [6.45, 7) is 7.09. The zero-order valence-corrected chi connectivity index (χ0v) is 25.6. The molecule has 0 spiro atoms. The summed E-state index contributed by atoms with van der Waals surface area (Å²) in [5, 5.41) is 0. The van der Waals surface area contributed by atoms with Crippen LogP contribution in [0, 0.1) is 11.5 Å². The van der Waals surface area contributed by atoms with Crippen LogP contribution >= 0.6 is 31.9 Å². The molecule has 5 heteroatoms. The topological polar surface area (TPSA) is 27.7 Å². The number of hydrogen-bond donors (Lipinski definition) is 0. The van der Waals surface area contributed by atoms with E-state index in [-0.39, 0.29) is 0 Å². The van der Waals surface area contributed by atoms with Crippen LogP contribution in [0.3, 0.4) is 0 Å². The molecule has 38 heavy (non-hydrogen) atoms. The first-order chi connectivity index (χ1) is 18.6. The van der Waals surface area contributed by atoms with Crippen LogP contribution in [0.1, 0.15) is 57.4 Å². The predicted molar refractivity (Wildman–Crippen MR) is 163 cm³/mol. The van der Waals surface area contributed by atoms with Crippen molar-refractivity contribution in [2.75, 3.05) is 33.0 Å². The third kappa shape index (κ3) is 8.50. The van der Waals surface area contributed by atoms with Crippen molar-refractivity contribution in [1.82, 2.24) is 0 Å². The third-order valence-corrected chi connectivity index (χ3v) is 8.47. The summed E-state index contributed by atoms with van der Waals surface area (Å²) in [6.07, 6.45) is 8.38. The van der Waals surface area contributed by atoms with Crippen LogP contribution < -0.4 is 0 Å². The smallest absolute Gasteiger partial charge is 0.0723 e. The first-order valence-corrected chi connectivity index (χ1v) is 15.5. The minimum absolute atomic E-state index is 0.303. The standard InChI is InChI=1S/C33H39Br2O3/c1-2-33(24-38-25-33)23-37-21-8-6-4-3-5-7-20-36-22-28-10-9-11-31(26-12-16-29(34)17-13-26)32(28)27-14-18-30(35)19-15-27/h9-10,12-19H,2-8,20-25H2,1H3. The lowest BCUT2D eigenvalue weighted by Crippen LogP contribution is -2.45. The Labute approximate surface area is 245 Å². The van der Waals surface area contributed by atoms with Crippen molar-refractivity contribution < 1.29 is 14.2 Å². The summed E-state index contributed by atoms with van der Waals surface area (Å²) >= 11 is 7.12. The van der Waals surface area contributed by atoms with E-state index in [1.807, 2.05) is 6.07 Å². The van der Waals surface area contributed by atoms with Gasteiger partial charge in [-0.05, 0) is 77.4 Å². The van der Waals surface area contributed by atoms with E-state index in [1.165, 1.54) is 42.4 Å². The van der Waals surface area contributed by atoms with Gasteiger partial charge in [-0.15, -0.1) is 0 Å². The van der Waals surface area contributed by atoms with Gasteiger partial charge in [-0.1, -0.05) is 101 Å². The second-order valence-electron chi connectivity index (χ2n) is 10.3. The summed E-state index contributed by atoms with van der Waals surface area (Å²) in [6, 6.07) is 24.6. The second-order valence-corrected chi connectivity index (χ2v) is 12.2. The monoisotopic (exact) mass is 641 g/mol. The van der Waals surface area contributed by atoms with Gasteiger partial charge in [0.1, 0.15) is 0 Å². The summed E-state index contributed by atoms with van der Waals surface area (Å²) in [4.78, 5) is 0. The lowest BCUT2D eigenvalue weighted by atomic mass is 9.84. The van der Waals surface area contributed by atoms with Crippen LogP contribution in [-0.4, -0.2) is 33.0 Å². The van der Waals surface area contributed by atoms with Crippen molar-refractivity contribution >= 4 is 31.9 Å². The molecule has 0 N–H and O–H groups in total. The molecule has 3 nitrogen and oxygen atoms in total. The van der Waals surface area contributed by atoms with Crippen LogP contribution in [0.15, 0.2) is 69.6 Å². The minimum Gasteiger partial charge on any atom is -0.381 e. The molecule has 3 aromatic carbocycles. The molecular formula is C33H39Br2O3. The van der Waals surface area contributed by atoms with Gasteiger partial charge in [-0.2, -0.15) is 0 Å². The van der Waals surface area contributed by atoms with Crippen LogP contribution in [0.4, 0.5) is 0 Å². The molecule has 1 saturated heterocycles. The molecule has 1 aliphatic rings. The van der Waals surface area contributed by atoms with E-state index < -0.39 is 0 Å². The fourth-order valence-electron chi connectivity index (χ4n) is 4.82. The maximum absolute atomic E-state index is 6.17. The molecule has 0 aliphatic carbocycles. The average molecular weight is 643 g/mol. The largest absolute Gasteiger partial charge is 0.381 e. The quantitative estimate of drug-likeness (QED) is 0.146. The van der Waals surface area contributed by atoms with E-state index in [4.69, 9.17) is 14.2 Å². The van der Waals surface area contributed by atoms with E-state index in [0.717, 1.165) is 72.4 Å². The van der Waals surface area contributed by atoms with Crippen LogP contribution in [0.25, 0.3) is 22.3 Å². The molecule has 1 aliphatic heterocycles. The van der Waals surface area contributed by atoms with Gasteiger partial charge >= 0.3 is 0 Å². The minimum atomic E-state index is 0.303.